The topological polar surface area (TPSA) is 0 Å². The molecule has 0 radical (unpaired) electrons. The molecule has 2 heteroatoms. The molecule has 1 fully saturated rings. The summed E-state index contributed by atoms with van der Waals surface area (Å²) in [6.45, 7) is 5.12. The predicted octanol–water partition coefficient (Wildman–Crippen LogP) is 4.23. The monoisotopic (exact) mass is 290 g/mol. The minimum absolute atomic E-state index is 0.824. The molecule has 0 saturated carbocycles. The van der Waals surface area contributed by atoms with E-state index in [-0.39, 0.29) is 0 Å². The first kappa shape index (κ1) is 10.8. The Bertz CT molecular complexity index is 419. The number of rotatable bonds is 0. The van der Waals surface area contributed by atoms with E-state index in [0.29, 0.717) is 0 Å². The van der Waals surface area contributed by atoms with Gasteiger partial charge in [-0.3, -0.25) is 0 Å². The van der Waals surface area contributed by atoms with E-state index in [1.165, 1.54) is 0 Å². The molecular formula is C14H20GeSi. The van der Waals surface area contributed by atoms with Crippen molar-refractivity contribution in [3.63, 3.8) is 0 Å². The van der Waals surface area contributed by atoms with Crippen molar-refractivity contribution in [1.29, 1.82) is 0 Å². The number of hydrogen-bond acceptors (Lipinski definition) is 0. The van der Waals surface area contributed by atoms with Crippen LogP contribution in [0.1, 0.15) is 0 Å². The van der Waals surface area contributed by atoms with Crippen LogP contribution in [0.15, 0.2) is 46.1 Å². The summed E-state index contributed by atoms with van der Waals surface area (Å²) in [6, 6.07) is 0. The third kappa shape index (κ3) is 1.16. The van der Waals surface area contributed by atoms with E-state index in [1.54, 1.807) is 0 Å². The quantitative estimate of drug-likeness (QED) is 0.585. The average Bonchev–Trinajstić information content (AvgIpc) is 2.86. The van der Waals surface area contributed by atoms with Crippen LogP contribution in [0.3, 0.4) is 0 Å². The maximum atomic E-state index is 2.60. The van der Waals surface area contributed by atoms with Crippen LogP contribution in [-0.4, -0.2) is 21.3 Å². The van der Waals surface area contributed by atoms with Crippen molar-refractivity contribution >= 4 is 21.3 Å². The second-order valence-corrected chi connectivity index (χ2v) is 20.8. The molecule has 16 heavy (non-hydrogen) atoms. The van der Waals surface area contributed by atoms with Crippen molar-refractivity contribution in [3.05, 3.63) is 46.1 Å². The fourth-order valence-electron chi connectivity index (χ4n) is 3.80. The molecule has 0 aromatic heterocycles. The zero-order valence-electron chi connectivity index (χ0n) is 10.6. The standard InChI is InChI=1S/C14H20GeSi/c1-15(2)11-7-5-9-13(11)16(3,4)14-10-6-8-12(14)15/h5-11,14H,1-4H3. The second kappa shape index (κ2) is 3.14. The molecule has 3 aliphatic rings. The van der Waals surface area contributed by atoms with Gasteiger partial charge in [0.15, 0.2) is 0 Å². The Morgan fingerprint density at radius 1 is 1.06 bits per heavy atom. The van der Waals surface area contributed by atoms with Crippen LogP contribution >= 0.6 is 0 Å². The van der Waals surface area contributed by atoms with E-state index in [1.807, 2.05) is 9.60 Å². The number of allylic oxidation sites excluding steroid dienone is 8. The summed E-state index contributed by atoms with van der Waals surface area (Å²) in [4.78, 5) is 0. The molecular weight excluding hydrogens is 269 g/mol. The van der Waals surface area contributed by atoms with Gasteiger partial charge in [-0.05, 0) is 0 Å². The van der Waals surface area contributed by atoms with Gasteiger partial charge in [-0.25, -0.2) is 0 Å². The van der Waals surface area contributed by atoms with Crippen LogP contribution in [0.5, 0.6) is 0 Å². The fourth-order valence-corrected chi connectivity index (χ4v) is 22.3. The first-order valence-corrected chi connectivity index (χ1v) is 15.8. The molecule has 2 atom stereocenters. The molecule has 0 amide bonds. The van der Waals surface area contributed by atoms with Crippen molar-refractivity contribution in [1.82, 2.24) is 0 Å². The van der Waals surface area contributed by atoms with Gasteiger partial charge >= 0.3 is 102 Å². The Hall–Kier alpha value is -0.280. The van der Waals surface area contributed by atoms with Crippen molar-refractivity contribution in [2.24, 2.45) is 0 Å². The Kier molecular flexibility index (Phi) is 2.13. The summed E-state index contributed by atoms with van der Waals surface area (Å²) in [5.74, 6) is 5.20. The molecule has 0 spiro atoms. The number of fused-ring (bicyclic) bond motifs is 2. The van der Waals surface area contributed by atoms with E-state index in [2.05, 4.69) is 61.1 Å². The van der Waals surface area contributed by atoms with Gasteiger partial charge in [0.25, 0.3) is 0 Å². The third-order valence-electron chi connectivity index (χ3n) is 4.87. The van der Waals surface area contributed by atoms with Crippen molar-refractivity contribution in [2.75, 3.05) is 0 Å². The van der Waals surface area contributed by atoms with E-state index in [9.17, 15) is 0 Å². The van der Waals surface area contributed by atoms with Gasteiger partial charge in [-0.1, -0.05) is 0 Å². The maximum absolute atomic E-state index is 2.60. The molecule has 3 rings (SSSR count). The zero-order valence-corrected chi connectivity index (χ0v) is 13.7. The van der Waals surface area contributed by atoms with E-state index >= 15 is 0 Å². The van der Waals surface area contributed by atoms with Crippen LogP contribution < -0.4 is 0 Å². The SMILES string of the molecule is C[Si]1(C)C2=CC=C[CH]2[Ge]([CH3])([CH3])[C]2=CC=CC21. The Morgan fingerprint density at radius 2 is 1.75 bits per heavy atom. The van der Waals surface area contributed by atoms with Gasteiger partial charge < -0.3 is 0 Å². The Morgan fingerprint density at radius 3 is 2.50 bits per heavy atom. The van der Waals surface area contributed by atoms with Crippen molar-refractivity contribution < 1.29 is 0 Å². The molecule has 0 aromatic carbocycles. The third-order valence-corrected chi connectivity index (χ3v) is 18.6. The van der Waals surface area contributed by atoms with E-state index < -0.39 is 21.3 Å². The first-order chi connectivity index (χ1) is 7.45. The van der Waals surface area contributed by atoms with Gasteiger partial charge in [-0.15, -0.1) is 0 Å². The molecule has 1 aliphatic heterocycles. The molecule has 1 heterocycles. The average molecular weight is 289 g/mol. The zero-order chi connectivity index (χ0) is 11.6. The van der Waals surface area contributed by atoms with E-state index in [0.717, 1.165) is 10.3 Å². The first-order valence-electron chi connectivity index (χ1n) is 6.23. The molecule has 0 bridgehead atoms. The van der Waals surface area contributed by atoms with Crippen LogP contribution in [-0.2, 0) is 0 Å². The summed E-state index contributed by atoms with van der Waals surface area (Å²) in [5, 5.41) is 1.84. The minimum atomic E-state index is -1.81. The van der Waals surface area contributed by atoms with Crippen molar-refractivity contribution in [2.45, 2.75) is 34.9 Å². The van der Waals surface area contributed by atoms with Gasteiger partial charge in [0.05, 0.1) is 0 Å². The molecule has 0 aromatic rings. The van der Waals surface area contributed by atoms with Gasteiger partial charge in [0.2, 0.25) is 0 Å². The van der Waals surface area contributed by atoms with Crippen LogP contribution in [0.25, 0.3) is 0 Å². The van der Waals surface area contributed by atoms with Crippen LogP contribution in [0.4, 0.5) is 0 Å². The van der Waals surface area contributed by atoms with Crippen LogP contribution in [0, 0.1) is 0 Å². The van der Waals surface area contributed by atoms with Gasteiger partial charge in [0.1, 0.15) is 0 Å². The van der Waals surface area contributed by atoms with Gasteiger partial charge in [0, 0.05) is 0 Å². The van der Waals surface area contributed by atoms with Crippen LogP contribution in [0.2, 0.25) is 34.9 Å². The summed E-state index contributed by atoms with van der Waals surface area (Å²) in [7, 11) is -1.25. The molecule has 0 N–H and O–H groups in total. The predicted molar refractivity (Wildman–Crippen MR) is 76.9 cm³/mol. The summed E-state index contributed by atoms with van der Waals surface area (Å²) in [5.41, 5.74) is 0.824. The fraction of sp³-hybridized carbons (Fsp3) is 0.429. The molecule has 1 saturated heterocycles. The molecule has 84 valence electrons. The van der Waals surface area contributed by atoms with Gasteiger partial charge in [-0.2, -0.15) is 0 Å². The molecule has 0 nitrogen and oxygen atoms in total. The Labute approximate surface area is 102 Å². The summed E-state index contributed by atoms with van der Waals surface area (Å²) in [6.07, 6.45) is 14.6. The van der Waals surface area contributed by atoms with Crippen molar-refractivity contribution in [3.8, 4) is 0 Å². The number of hydrogen-bond donors (Lipinski definition) is 0. The summed E-state index contributed by atoms with van der Waals surface area (Å²) >= 11 is -1.81. The molecule has 2 unspecified atom stereocenters. The molecule has 2 aliphatic carbocycles. The normalized spacial score (nSPS) is 36.8. The van der Waals surface area contributed by atoms with E-state index in [4.69, 9.17) is 0 Å². The summed E-state index contributed by atoms with van der Waals surface area (Å²) < 4.78 is 2.72. The Balaban J connectivity index is 2.19. The second-order valence-electron chi connectivity index (χ2n) is 6.41.